The lowest BCUT2D eigenvalue weighted by molar-refractivity contribution is -0.113. The van der Waals surface area contributed by atoms with Crippen molar-refractivity contribution in [2.75, 3.05) is 12.4 Å². The predicted octanol–water partition coefficient (Wildman–Crippen LogP) is 6.23. The Hall–Kier alpha value is -4.60. The number of aromatic nitrogens is 4. The van der Waals surface area contributed by atoms with Crippen LogP contribution in [-0.4, -0.2) is 49.0 Å². The number of hydrogen-bond donors (Lipinski definition) is 1. The highest BCUT2D eigenvalue weighted by Gasteiger charge is 2.21. The van der Waals surface area contributed by atoms with Crippen LogP contribution >= 0.6 is 23.2 Å². The number of rotatable bonds is 5. The number of aliphatic imine (C=N–C) groups is 1. The van der Waals surface area contributed by atoms with Gasteiger partial charge < -0.3 is 5.32 Å². The Bertz CT molecular complexity index is 2070. The van der Waals surface area contributed by atoms with Crippen LogP contribution in [0.1, 0.15) is 34.1 Å². The first-order valence-corrected chi connectivity index (χ1v) is 12.9. The second-order valence-corrected chi connectivity index (χ2v) is 9.81. The van der Waals surface area contributed by atoms with Crippen molar-refractivity contribution in [1.29, 1.82) is 0 Å². The molecule has 0 spiro atoms. The molecular formula is C29H18Cl2N6O3. The molecule has 9 nitrogen and oxygen atoms in total. The van der Waals surface area contributed by atoms with Crippen molar-refractivity contribution >= 4 is 101 Å². The van der Waals surface area contributed by atoms with E-state index in [4.69, 9.17) is 48.1 Å². The normalized spacial score (nSPS) is 14.3. The van der Waals surface area contributed by atoms with Crippen LogP contribution in [0, 0.1) is 0 Å². The van der Waals surface area contributed by atoms with Gasteiger partial charge in [-0.2, -0.15) is 0 Å². The summed E-state index contributed by atoms with van der Waals surface area (Å²) >= 11 is 11.4. The number of nitrogens with zero attached hydrogens (tertiary/aromatic N) is 5. The molecule has 40 heavy (non-hydrogen) atoms. The number of carbonyl (C=O) groups excluding carboxylic acids is 3. The molecule has 0 amide bonds. The Kier molecular flexibility index (Phi) is 6.32. The number of allylic oxidation sites excluding steroid dienone is 4. The van der Waals surface area contributed by atoms with Crippen molar-refractivity contribution < 1.29 is 14.4 Å². The lowest BCUT2D eigenvalue weighted by atomic mass is 10.0. The Morgan fingerprint density at radius 3 is 1.85 bits per heavy atom. The number of carbonyl (C=O) groups is 3. The Morgan fingerprint density at radius 1 is 0.775 bits per heavy atom. The van der Waals surface area contributed by atoms with E-state index < -0.39 is 10.5 Å². The summed E-state index contributed by atoms with van der Waals surface area (Å²) in [4.78, 5) is 59.7. The average Bonchev–Trinajstić information content (AvgIpc) is 2.95. The van der Waals surface area contributed by atoms with Crippen molar-refractivity contribution in [3.05, 3.63) is 71.3 Å². The molecule has 0 radical (unpaired) electrons. The third kappa shape index (κ3) is 4.39. The van der Waals surface area contributed by atoms with E-state index in [0.29, 0.717) is 78.8 Å². The van der Waals surface area contributed by atoms with E-state index in [0.717, 1.165) is 0 Å². The standard InChI is InChI=1S/C29H18Cl2N6O3/c1-13(38)14-3-7-17(8-4-14)33-23-22(32-2)24-26(35-18-9-5-15(28(30)39)11-20(18)36-24)27-25(23)34-19-10-6-16(29(31)40)12-21(19)37-27/h3-7,9-12,32H,8H2,1-2H3. The number of Topliss-reactive ketones (excluding diaryl/α,β-unsaturated/α-hetero) is 1. The van der Waals surface area contributed by atoms with E-state index in [9.17, 15) is 14.4 Å². The van der Waals surface area contributed by atoms with Crippen LogP contribution in [0.15, 0.2) is 65.2 Å². The van der Waals surface area contributed by atoms with Crippen molar-refractivity contribution in [3.63, 3.8) is 0 Å². The summed E-state index contributed by atoms with van der Waals surface area (Å²) in [6, 6.07) is 9.67. The first-order valence-electron chi connectivity index (χ1n) is 12.2. The molecular weight excluding hydrogens is 551 g/mol. The lowest BCUT2D eigenvalue weighted by Crippen LogP contribution is -2.04. The predicted molar refractivity (Wildman–Crippen MR) is 157 cm³/mol. The average molecular weight is 569 g/mol. The number of benzene rings is 3. The molecule has 1 N–H and O–H groups in total. The van der Waals surface area contributed by atoms with Crippen LogP contribution < -0.4 is 5.32 Å². The van der Waals surface area contributed by atoms with Gasteiger partial charge in [0, 0.05) is 35.9 Å². The van der Waals surface area contributed by atoms with E-state index in [-0.39, 0.29) is 11.3 Å². The third-order valence-corrected chi connectivity index (χ3v) is 7.04. The molecule has 0 atom stereocenters. The SMILES string of the molecule is CNc1c(N=C2C=CC(C(C)=O)=CC2)c2nc3ccc(C(=O)Cl)cc3nc2c2nc3ccc(C(=O)Cl)cc3nc12. The van der Waals surface area contributed by atoms with E-state index in [1.165, 1.54) is 6.92 Å². The molecule has 2 aromatic heterocycles. The summed E-state index contributed by atoms with van der Waals surface area (Å²) in [5.41, 5.74) is 6.72. The number of anilines is 1. The van der Waals surface area contributed by atoms with Gasteiger partial charge in [0.2, 0.25) is 0 Å². The first-order chi connectivity index (χ1) is 19.2. The smallest absolute Gasteiger partial charge is 0.252 e. The molecule has 2 heterocycles. The maximum Gasteiger partial charge on any atom is 0.252 e. The number of halogens is 2. The number of nitrogens with one attached hydrogen (secondary N) is 1. The number of ketones is 1. The van der Waals surface area contributed by atoms with Crippen LogP contribution in [0.25, 0.3) is 44.1 Å². The van der Waals surface area contributed by atoms with Crippen molar-refractivity contribution in [3.8, 4) is 0 Å². The highest BCUT2D eigenvalue weighted by Crippen LogP contribution is 2.41. The molecule has 0 fully saturated rings. The monoisotopic (exact) mass is 568 g/mol. The Morgan fingerprint density at radius 2 is 1.32 bits per heavy atom. The van der Waals surface area contributed by atoms with Crippen molar-refractivity contribution in [2.45, 2.75) is 13.3 Å². The van der Waals surface area contributed by atoms with Gasteiger partial charge in [0.15, 0.2) is 5.78 Å². The van der Waals surface area contributed by atoms with Gasteiger partial charge in [0.1, 0.15) is 27.8 Å². The molecule has 0 aliphatic heterocycles. The van der Waals surface area contributed by atoms with Gasteiger partial charge >= 0.3 is 0 Å². The highest BCUT2D eigenvalue weighted by atomic mass is 35.5. The Balaban J connectivity index is 1.72. The second-order valence-electron chi connectivity index (χ2n) is 9.13. The van der Waals surface area contributed by atoms with Gasteiger partial charge in [0.05, 0.1) is 27.8 Å². The van der Waals surface area contributed by atoms with Crippen LogP contribution in [0.3, 0.4) is 0 Å². The minimum atomic E-state index is -0.608. The summed E-state index contributed by atoms with van der Waals surface area (Å²) in [7, 11) is 1.74. The van der Waals surface area contributed by atoms with E-state index in [1.54, 1.807) is 55.6 Å². The molecule has 11 heteroatoms. The molecule has 0 saturated heterocycles. The van der Waals surface area contributed by atoms with E-state index in [1.807, 2.05) is 6.08 Å². The lowest BCUT2D eigenvalue weighted by Gasteiger charge is -2.15. The van der Waals surface area contributed by atoms with E-state index in [2.05, 4.69) is 5.32 Å². The fourth-order valence-electron chi connectivity index (χ4n) is 4.62. The number of fused-ring (bicyclic) bond motifs is 5. The largest absolute Gasteiger partial charge is 0.384 e. The first kappa shape index (κ1) is 25.7. The van der Waals surface area contributed by atoms with Gasteiger partial charge in [-0.3, -0.25) is 14.4 Å². The van der Waals surface area contributed by atoms with Gasteiger partial charge in [0.25, 0.3) is 10.5 Å². The van der Waals surface area contributed by atoms with Crippen molar-refractivity contribution in [1.82, 2.24) is 19.9 Å². The molecule has 0 unspecified atom stereocenters. The van der Waals surface area contributed by atoms with Crippen molar-refractivity contribution in [2.24, 2.45) is 4.99 Å². The topological polar surface area (TPSA) is 127 Å². The highest BCUT2D eigenvalue weighted by molar-refractivity contribution is 6.68. The van der Waals surface area contributed by atoms with Crippen LogP contribution in [0.4, 0.5) is 11.4 Å². The maximum absolute atomic E-state index is 11.8. The molecule has 196 valence electrons. The fraction of sp³-hybridized carbons (Fsp3) is 0.103. The fourth-order valence-corrected chi connectivity index (χ4v) is 4.86. The molecule has 1 aliphatic carbocycles. The second kappa shape index (κ2) is 9.86. The zero-order valence-corrected chi connectivity index (χ0v) is 22.6. The van der Waals surface area contributed by atoms with Gasteiger partial charge in [-0.05, 0) is 78.7 Å². The zero-order valence-electron chi connectivity index (χ0n) is 21.1. The maximum atomic E-state index is 11.8. The molecule has 1 aliphatic rings. The Labute approximate surface area is 236 Å². The minimum Gasteiger partial charge on any atom is -0.384 e. The minimum absolute atomic E-state index is 0.0218. The van der Waals surface area contributed by atoms with Gasteiger partial charge in [-0.1, -0.05) is 6.08 Å². The van der Waals surface area contributed by atoms with Gasteiger partial charge in [-0.25, -0.2) is 24.9 Å². The molecule has 3 aromatic carbocycles. The molecule has 0 bridgehead atoms. The summed E-state index contributed by atoms with van der Waals surface area (Å²) in [6.07, 6.45) is 5.80. The van der Waals surface area contributed by atoms with Crippen LogP contribution in [-0.2, 0) is 4.79 Å². The quantitative estimate of drug-likeness (QED) is 0.150. The summed E-state index contributed by atoms with van der Waals surface area (Å²) in [6.45, 7) is 1.52. The van der Waals surface area contributed by atoms with Crippen LogP contribution in [0.2, 0.25) is 0 Å². The third-order valence-electron chi connectivity index (χ3n) is 6.60. The molecule has 0 saturated carbocycles. The van der Waals surface area contributed by atoms with E-state index >= 15 is 0 Å². The summed E-state index contributed by atoms with van der Waals surface area (Å²) in [5, 5.41) is 1.98. The van der Waals surface area contributed by atoms with Crippen LogP contribution in [0.5, 0.6) is 0 Å². The molecule has 6 rings (SSSR count). The number of hydrogen-bond acceptors (Lipinski definition) is 9. The summed E-state index contributed by atoms with van der Waals surface area (Å²) < 4.78 is 0. The zero-order chi connectivity index (χ0) is 28.1. The summed E-state index contributed by atoms with van der Waals surface area (Å²) in [5.74, 6) is -0.0218. The van der Waals surface area contributed by atoms with Gasteiger partial charge in [-0.15, -0.1) is 0 Å². The molecule has 5 aromatic rings.